The fourth-order valence-electron chi connectivity index (χ4n) is 4.72. The minimum absolute atomic E-state index is 0.0836. The Morgan fingerprint density at radius 3 is 2.62 bits per heavy atom. The van der Waals surface area contributed by atoms with E-state index in [2.05, 4.69) is 4.98 Å². The summed E-state index contributed by atoms with van der Waals surface area (Å²) in [6.07, 6.45) is 1.27. The summed E-state index contributed by atoms with van der Waals surface area (Å²) in [5, 5.41) is 9.98. The predicted octanol–water partition coefficient (Wildman–Crippen LogP) is 3.26. The molecule has 1 aliphatic heterocycles. The molecule has 1 saturated heterocycles. The van der Waals surface area contributed by atoms with Crippen molar-refractivity contribution in [3.05, 3.63) is 65.9 Å². The number of amides is 1. The number of carbonyl (C=O) groups excluding carboxylic acids is 1. The maximum absolute atomic E-state index is 13.2. The van der Waals surface area contributed by atoms with E-state index in [0.717, 1.165) is 28.6 Å². The van der Waals surface area contributed by atoms with Gasteiger partial charge in [-0.2, -0.15) is 0 Å². The van der Waals surface area contributed by atoms with Gasteiger partial charge >= 0.3 is 0 Å². The van der Waals surface area contributed by atoms with Gasteiger partial charge in [0.1, 0.15) is 12.4 Å². The van der Waals surface area contributed by atoms with E-state index in [0.29, 0.717) is 25.3 Å². The number of fused-ring (bicyclic) bond motifs is 1. The Bertz CT molecular complexity index is 1290. The van der Waals surface area contributed by atoms with E-state index >= 15 is 0 Å². The van der Waals surface area contributed by atoms with E-state index in [1.54, 1.807) is 17.6 Å². The van der Waals surface area contributed by atoms with Crippen LogP contribution in [0.15, 0.2) is 59.5 Å². The topological polar surface area (TPSA) is 109 Å². The molecule has 1 aliphatic rings. The van der Waals surface area contributed by atoms with E-state index in [1.165, 1.54) is 12.1 Å². The molecule has 2 heterocycles. The zero-order valence-corrected chi connectivity index (χ0v) is 20.1. The third kappa shape index (κ3) is 5.06. The van der Waals surface area contributed by atoms with Gasteiger partial charge in [-0.25, -0.2) is 13.9 Å². The average molecular weight is 484 g/mol. The number of nitrogens with one attached hydrogen (secondary N) is 1. The number of hydroxylamine groups is 1. The van der Waals surface area contributed by atoms with Gasteiger partial charge in [-0.15, -0.1) is 0 Å². The molecule has 0 spiro atoms. The fourth-order valence-corrected chi connectivity index (χ4v) is 6.62. The second-order valence-electron chi connectivity index (χ2n) is 8.92. The zero-order valence-electron chi connectivity index (χ0n) is 19.3. The van der Waals surface area contributed by atoms with Gasteiger partial charge in [0.2, 0.25) is 5.91 Å². The highest BCUT2D eigenvalue weighted by atomic mass is 32.2. The van der Waals surface area contributed by atoms with Crippen LogP contribution >= 0.6 is 0 Å². The third-order valence-electron chi connectivity index (χ3n) is 6.53. The molecule has 8 nitrogen and oxygen atoms in total. The molecule has 1 atom stereocenters. The Balaban J connectivity index is 1.49. The molecule has 0 saturated carbocycles. The number of benzene rings is 2. The SMILES string of the molecule is Cc1cc(COc2ccc(S(=O)(=O)C[C@@]3(CC(=O)NO)CCCN3C)cc2)c2ccccc2n1. The van der Waals surface area contributed by atoms with E-state index < -0.39 is 21.3 Å². The number of sulfone groups is 1. The number of nitrogens with zero attached hydrogens (tertiary/aromatic N) is 2. The van der Waals surface area contributed by atoms with Gasteiger partial charge in [0.05, 0.1) is 16.2 Å². The number of carbonyl (C=O) groups is 1. The summed E-state index contributed by atoms with van der Waals surface area (Å²) in [4.78, 5) is 18.5. The number of hydrogen-bond acceptors (Lipinski definition) is 7. The average Bonchev–Trinajstić information content (AvgIpc) is 3.16. The van der Waals surface area contributed by atoms with Crippen LogP contribution in [0.5, 0.6) is 5.75 Å². The van der Waals surface area contributed by atoms with Gasteiger partial charge in [0.25, 0.3) is 0 Å². The second kappa shape index (κ2) is 9.69. The van der Waals surface area contributed by atoms with Crippen molar-refractivity contribution in [3.8, 4) is 5.75 Å². The molecule has 3 aromatic rings. The van der Waals surface area contributed by atoms with Crippen LogP contribution in [0.1, 0.15) is 30.5 Å². The highest BCUT2D eigenvalue weighted by Gasteiger charge is 2.44. The fraction of sp³-hybridized carbons (Fsp3) is 0.360. The number of hydrogen-bond donors (Lipinski definition) is 2. The Labute approximate surface area is 199 Å². The summed E-state index contributed by atoms with van der Waals surface area (Å²) in [7, 11) is -1.86. The molecule has 2 N–H and O–H groups in total. The molecule has 1 aromatic heterocycles. The Morgan fingerprint density at radius 1 is 1.21 bits per heavy atom. The third-order valence-corrected chi connectivity index (χ3v) is 8.43. The largest absolute Gasteiger partial charge is 0.489 e. The molecule has 0 radical (unpaired) electrons. The Hall–Kier alpha value is -3.01. The minimum atomic E-state index is -3.67. The van der Waals surface area contributed by atoms with Crippen LogP contribution in [-0.2, 0) is 21.2 Å². The summed E-state index contributed by atoms with van der Waals surface area (Å²) in [6, 6.07) is 16.2. The molecule has 0 unspecified atom stereocenters. The van der Waals surface area contributed by atoms with Crippen molar-refractivity contribution in [2.45, 2.75) is 43.2 Å². The number of aromatic nitrogens is 1. The van der Waals surface area contributed by atoms with Gasteiger partial charge in [-0.3, -0.25) is 19.9 Å². The molecule has 2 aromatic carbocycles. The van der Waals surface area contributed by atoms with Crippen molar-refractivity contribution >= 4 is 26.6 Å². The normalized spacial score (nSPS) is 18.8. The lowest BCUT2D eigenvalue weighted by Gasteiger charge is -2.35. The van der Waals surface area contributed by atoms with Crippen molar-refractivity contribution in [3.63, 3.8) is 0 Å². The summed E-state index contributed by atoms with van der Waals surface area (Å²) in [5.74, 6) is -0.233. The second-order valence-corrected chi connectivity index (χ2v) is 10.9. The maximum atomic E-state index is 13.2. The molecular weight excluding hydrogens is 454 g/mol. The van der Waals surface area contributed by atoms with Crippen LogP contribution < -0.4 is 10.2 Å². The summed E-state index contributed by atoms with van der Waals surface area (Å²) < 4.78 is 32.4. The van der Waals surface area contributed by atoms with E-state index in [-0.39, 0.29) is 17.1 Å². The minimum Gasteiger partial charge on any atom is -0.489 e. The molecule has 180 valence electrons. The van der Waals surface area contributed by atoms with Crippen molar-refractivity contribution < 1.29 is 23.2 Å². The first-order chi connectivity index (χ1) is 16.2. The molecule has 0 aliphatic carbocycles. The first-order valence-electron chi connectivity index (χ1n) is 11.2. The Kier molecular flexibility index (Phi) is 6.88. The van der Waals surface area contributed by atoms with Gasteiger partial charge in [-0.1, -0.05) is 18.2 Å². The van der Waals surface area contributed by atoms with Crippen LogP contribution in [0.4, 0.5) is 0 Å². The number of rotatable bonds is 8. The van der Waals surface area contributed by atoms with Crippen molar-refractivity contribution in [2.24, 2.45) is 0 Å². The van der Waals surface area contributed by atoms with Crippen LogP contribution in [0.25, 0.3) is 10.9 Å². The van der Waals surface area contributed by atoms with Crippen molar-refractivity contribution in [1.82, 2.24) is 15.4 Å². The Morgan fingerprint density at radius 2 is 1.94 bits per heavy atom. The summed E-state index contributed by atoms with van der Waals surface area (Å²) >= 11 is 0. The predicted molar refractivity (Wildman–Crippen MR) is 128 cm³/mol. The summed E-state index contributed by atoms with van der Waals surface area (Å²) in [6.45, 7) is 2.97. The summed E-state index contributed by atoms with van der Waals surface area (Å²) in [5.41, 5.74) is 3.60. The number of aryl methyl sites for hydroxylation is 1. The maximum Gasteiger partial charge on any atom is 0.245 e. The smallest absolute Gasteiger partial charge is 0.245 e. The number of para-hydroxylation sites is 1. The lowest BCUT2D eigenvalue weighted by Crippen LogP contribution is -2.50. The van der Waals surface area contributed by atoms with Crippen molar-refractivity contribution in [2.75, 3.05) is 19.3 Å². The molecule has 0 bridgehead atoms. The lowest BCUT2D eigenvalue weighted by molar-refractivity contribution is -0.131. The molecule has 1 amide bonds. The van der Waals surface area contributed by atoms with Crippen molar-refractivity contribution in [1.29, 1.82) is 0 Å². The van der Waals surface area contributed by atoms with Crippen LogP contribution in [0, 0.1) is 6.92 Å². The highest BCUT2D eigenvalue weighted by molar-refractivity contribution is 7.91. The standard InChI is InChI=1S/C25H29N3O5S/c1-18-14-19(22-6-3-4-7-23(22)26-18)16-33-20-8-10-21(11-9-20)34(31,32)17-25(15-24(29)27-30)12-5-13-28(25)2/h3-4,6-11,14,30H,5,12-13,15-17H2,1-2H3,(H,27,29)/t25-/m0/s1. The molecule has 4 rings (SSSR count). The molecule has 1 fully saturated rings. The molecular formula is C25H29N3O5S. The van der Waals surface area contributed by atoms with E-state index in [4.69, 9.17) is 9.94 Å². The first kappa shape index (κ1) is 24.1. The number of likely N-dealkylation sites (tertiary alicyclic amines) is 1. The monoisotopic (exact) mass is 483 g/mol. The number of ether oxygens (including phenoxy) is 1. The van der Waals surface area contributed by atoms with Gasteiger partial charge in [0.15, 0.2) is 9.84 Å². The van der Waals surface area contributed by atoms with Gasteiger partial charge in [-0.05, 0) is 69.8 Å². The van der Waals surface area contributed by atoms with E-state index in [1.807, 2.05) is 49.2 Å². The highest BCUT2D eigenvalue weighted by Crippen LogP contribution is 2.34. The molecule has 34 heavy (non-hydrogen) atoms. The van der Waals surface area contributed by atoms with Gasteiger partial charge in [0, 0.05) is 28.6 Å². The van der Waals surface area contributed by atoms with Crippen LogP contribution in [-0.4, -0.2) is 54.3 Å². The van der Waals surface area contributed by atoms with E-state index in [9.17, 15) is 13.2 Å². The van der Waals surface area contributed by atoms with Crippen LogP contribution in [0.3, 0.4) is 0 Å². The zero-order chi connectivity index (χ0) is 24.3. The first-order valence-corrected chi connectivity index (χ1v) is 12.8. The quantitative estimate of drug-likeness (QED) is 0.374. The van der Waals surface area contributed by atoms with Gasteiger partial charge < -0.3 is 4.74 Å². The molecule has 9 heteroatoms. The lowest BCUT2D eigenvalue weighted by atomic mass is 9.94. The van der Waals surface area contributed by atoms with Crippen LogP contribution in [0.2, 0.25) is 0 Å². The number of pyridine rings is 1.